The van der Waals surface area contributed by atoms with Crippen molar-refractivity contribution in [3.05, 3.63) is 71.5 Å². The normalized spacial score (nSPS) is 20.2. The summed E-state index contributed by atoms with van der Waals surface area (Å²) in [5.74, 6) is -0.838. The summed E-state index contributed by atoms with van der Waals surface area (Å²) in [4.78, 5) is 27.2. The van der Waals surface area contributed by atoms with Crippen molar-refractivity contribution in [1.29, 1.82) is 0 Å². The molecule has 6 heteroatoms. The Hall–Kier alpha value is -2.73. The van der Waals surface area contributed by atoms with Gasteiger partial charge in [0.2, 0.25) is 11.8 Å². The van der Waals surface area contributed by atoms with Crippen molar-refractivity contribution >= 4 is 11.8 Å². The zero-order valence-corrected chi connectivity index (χ0v) is 16.8. The van der Waals surface area contributed by atoms with Crippen LogP contribution in [0.15, 0.2) is 54.6 Å². The maximum Gasteiger partial charge on any atom is 0.249 e. The fourth-order valence-electron chi connectivity index (χ4n) is 3.85. The van der Waals surface area contributed by atoms with Crippen LogP contribution in [-0.4, -0.2) is 37.0 Å². The standard InChI is InChI=1S/C23H27FN2O3/c1-16(17-6-4-3-5-7-17)25-23(28)19-10-13-21(18-8-11-20(24)12-9-18)26(14-19)22(27)15-29-2/h3-9,11-12,16,19,21H,10,13-15H2,1-2H3,(H,25,28). The molecule has 1 fully saturated rings. The number of piperidine rings is 1. The third-order valence-electron chi connectivity index (χ3n) is 5.45. The van der Waals surface area contributed by atoms with Crippen LogP contribution in [0.4, 0.5) is 4.39 Å². The van der Waals surface area contributed by atoms with Gasteiger partial charge in [-0.3, -0.25) is 9.59 Å². The van der Waals surface area contributed by atoms with Crippen LogP contribution in [0.25, 0.3) is 0 Å². The number of carbonyl (C=O) groups is 2. The number of hydrogen-bond donors (Lipinski definition) is 1. The van der Waals surface area contributed by atoms with Gasteiger partial charge in [-0.05, 0) is 43.0 Å². The molecule has 1 aliphatic rings. The Morgan fingerprint density at radius 3 is 2.48 bits per heavy atom. The van der Waals surface area contributed by atoms with Crippen molar-refractivity contribution in [2.75, 3.05) is 20.3 Å². The minimum Gasteiger partial charge on any atom is -0.375 e. The Labute approximate surface area is 170 Å². The zero-order valence-electron chi connectivity index (χ0n) is 16.8. The lowest BCUT2D eigenvalue weighted by Gasteiger charge is -2.39. The van der Waals surface area contributed by atoms with E-state index in [0.29, 0.717) is 19.4 Å². The first-order chi connectivity index (χ1) is 14.0. The quantitative estimate of drug-likeness (QED) is 0.808. The van der Waals surface area contributed by atoms with Crippen LogP contribution < -0.4 is 5.32 Å². The number of hydrogen-bond acceptors (Lipinski definition) is 3. The molecule has 0 saturated carbocycles. The molecule has 5 nitrogen and oxygen atoms in total. The Balaban J connectivity index is 1.71. The molecular formula is C23H27FN2O3. The van der Waals surface area contributed by atoms with E-state index in [1.807, 2.05) is 37.3 Å². The molecule has 154 valence electrons. The number of carbonyl (C=O) groups excluding carboxylic acids is 2. The second-order valence-corrected chi connectivity index (χ2v) is 7.46. The molecule has 3 unspecified atom stereocenters. The van der Waals surface area contributed by atoms with Gasteiger partial charge in [0.1, 0.15) is 12.4 Å². The van der Waals surface area contributed by atoms with E-state index in [2.05, 4.69) is 5.32 Å². The van der Waals surface area contributed by atoms with Gasteiger partial charge in [0, 0.05) is 13.7 Å². The molecule has 3 atom stereocenters. The molecule has 1 N–H and O–H groups in total. The molecule has 1 aliphatic heterocycles. The molecule has 0 aliphatic carbocycles. The Morgan fingerprint density at radius 1 is 1.14 bits per heavy atom. The summed E-state index contributed by atoms with van der Waals surface area (Å²) in [6.45, 7) is 2.22. The molecule has 0 spiro atoms. The van der Waals surface area contributed by atoms with Gasteiger partial charge >= 0.3 is 0 Å². The molecule has 3 rings (SSSR count). The topological polar surface area (TPSA) is 58.6 Å². The molecule has 2 amide bonds. The lowest BCUT2D eigenvalue weighted by atomic mass is 9.88. The van der Waals surface area contributed by atoms with E-state index in [1.54, 1.807) is 17.0 Å². The number of nitrogens with one attached hydrogen (secondary N) is 1. The Morgan fingerprint density at radius 2 is 1.83 bits per heavy atom. The number of nitrogens with zero attached hydrogens (tertiary/aromatic N) is 1. The van der Waals surface area contributed by atoms with Crippen LogP contribution in [0.1, 0.15) is 43.0 Å². The highest BCUT2D eigenvalue weighted by Crippen LogP contribution is 2.34. The number of likely N-dealkylation sites (tertiary alicyclic amines) is 1. The number of benzene rings is 2. The minimum atomic E-state index is -0.313. The van der Waals surface area contributed by atoms with Crippen LogP contribution in [0, 0.1) is 11.7 Å². The SMILES string of the molecule is COCC(=O)N1CC(C(=O)NC(C)c2ccccc2)CCC1c1ccc(F)cc1. The maximum absolute atomic E-state index is 13.3. The van der Waals surface area contributed by atoms with Crippen LogP contribution in [0.2, 0.25) is 0 Å². The first kappa shape index (κ1) is 21.0. The molecule has 1 saturated heterocycles. The Bertz CT molecular complexity index is 826. The summed E-state index contributed by atoms with van der Waals surface area (Å²) in [7, 11) is 1.47. The van der Waals surface area contributed by atoms with Crippen LogP contribution in [-0.2, 0) is 14.3 Å². The van der Waals surface area contributed by atoms with Crippen molar-refractivity contribution in [2.45, 2.75) is 31.8 Å². The number of ether oxygens (including phenoxy) is 1. The lowest BCUT2D eigenvalue weighted by Crippen LogP contribution is -2.48. The summed E-state index contributed by atoms with van der Waals surface area (Å²) < 4.78 is 18.3. The van der Waals surface area contributed by atoms with Crippen molar-refractivity contribution in [3.8, 4) is 0 Å². The molecular weight excluding hydrogens is 371 g/mol. The molecule has 0 aromatic heterocycles. The van der Waals surface area contributed by atoms with Crippen molar-refractivity contribution in [2.24, 2.45) is 5.92 Å². The highest BCUT2D eigenvalue weighted by atomic mass is 19.1. The number of halogens is 1. The van der Waals surface area contributed by atoms with Crippen LogP contribution in [0.5, 0.6) is 0 Å². The summed E-state index contributed by atoms with van der Waals surface area (Å²) in [5, 5.41) is 3.06. The van der Waals surface area contributed by atoms with Gasteiger partial charge in [-0.15, -0.1) is 0 Å². The molecule has 1 heterocycles. The van der Waals surface area contributed by atoms with Crippen molar-refractivity contribution in [1.82, 2.24) is 10.2 Å². The summed E-state index contributed by atoms with van der Waals surface area (Å²) in [6.07, 6.45) is 1.30. The van der Waals surface area contributed by atoms with Gasteiger partial charge < -0.3 is 15.0 Å². The van der Waals surface area contributed by atoms with Gasteiger partial charge in [0.05, 0.1) is 18.0 Å². The number of rotatable bonds is 6. The molecule has 29 heavy (non-hydrogen) atoms. The molecule has 2 aromatic carbocycles. The number of amides is 2. The van der Waals surface area contributed by atoms with E-state index in [4.69, 9.17) is 4.74 Å². The van der Waals surface area contributed by atoms with E-state index in [1.165, 1.54) is 19.2 Å². The number of methoxy groups -OCH3 is 1. The highest BCUT2D eigenvalue weighted by Gasteiger charge is 2.35. The molecule has 0 bridgehead atoms. The summed E-state index contributed by atoms with van der Waals surface area (Å²) >= 11 is 0. The van der Waals surface area contributed by atoms with Gasteiger partial charge in [0.25, 0.3) is 0 Å². The predicted molar refractivity (Wildman–Crippen MR) is 108 cm³/mol. The van der Waals surface area contributed by atoms with E-state index in [0.717, 1.165) is 11.1 Å². The third kappa shape index (κ3) is 5.21. The van der Waals surface area contributed by atoms with Gasteiger partial charge in [-0.2, -0.15) is 0 Å². The van der Waals surface area contributed by atoms with Gasteiger partial charge in [-0.25, -0.2) is 4.39 Å². The summed E-state index contributed by atoms with van der Waals surface area (Å²) in [6, 6.07) is 15.7. The van der Waals surface area contributed by atoms with E-state index in [-0.39, 0.29) is 42.2 Å². The van der Waals surface area contributed by atoms with Crippen LogP contribution in [0.3, 0.4) is 0 Å². The fourth-order valence-corrected chi connectivity index (χ4v) is 3.85. The second-order valence-electron chi connectivity index (χ2n) is 7.46. The first-order valence-electron chi connectivity index (χ1n) is 9.88. The fraction of sp³-hybridized carbons (Fsp3) is 0.391. The minimum absolute atomic E-state index is 0.0492. The third-order valence-corrected chi connectivity index (χ3v) is 5.45. The van der Waals surface area contributed by atoms with Gasteiger partial charge in [-0.1, -0.05) is 42.5 Å². The molecule has 0 radical (unpaired) electrons. The summed E-state index contributed by atoms with van der Waals surface area (Å²) in [5.41, 5.74) is 1.90. The maximum atomic E-state index is 13.3. The Kier molecular flexibility index (Phi) is 6.99. The first-order valence-corrected chi connectivity index (χ1v) is 9.88. The lowest BCUT2D eigenvalue weighted by molar-refractivity contribution is -0.142. The zero-order chi connectivity index (χ0) is 20.8. The van der Waals surface area contributed by atoms with Gasteiger partial charge in [0.15, 0.2) is 0 Å². The average molecular weight is 398 g/mol. The average Bonchev–Trinajstić information content (AvgIpc) is 2.74. The van der Waals surface area contributed by atoms with Crippen LogP contribution >= 0.6 is 0 Å². The monoisotopic (exact) mass is 398 g/mol. The van der Waals surface area contributed by atoms with Crippen molar-refractivity contribution < 1.29 is 18.7 Å². The van der Waals surface area contributed by atoms with E-state index >= 15 is 0 Å². The molecule has 2 aromatic rings. The largest absolute Gasteiger partial charge is 0.375 e. The highest BCUT2D eigenvalue weighted by molar-refractivity contribution is 5.82. The van der Waals surface area contributed by atoms with Crippen molar-refractivity contribution in [3.63, 3.8) is 0 Å². The predicted octanol–water partition coefficient (Wildman–Crippen LogP) is 3.63. The van der Waals surface area contributed by atoms with E-state index in [9.17, 15) is 14.0 Å². The smallest absolute Gasteiger partial charge is 0.249 e. The van der Waals surface area contributed by atoms with E-state index < -0.39 is 0 Å². The second kappa shape index (κ2) is 9.65.